The Balaban J connectivity index is 1.79. The lowest BCUT2D eigenvalue weighted by atomic mass is 9.96. The van der Waals surface area contributed by atoms with Crippen molar-refractivity contribution < 1.29 is 9.90 Å². The van der Waals surface area contributed by atoms with Gasteiger partial charge in [0, 0.05) is 18.3 Å². The number of aryl methyl sites for hydroxylation is 1. The average molecular weight is 352 g/mol. The third kappa shape index (κ3) is 4.70. The molecule has 0 bridgehead atoms. The maximum absolute atomic E-state index is 13.2. The van der Waals surface area contributed by atoms with Gasteiger partial charge in [0.25, 0.3) is 5.91 Å². The molecule has 1 aliphatic rings. The van der Waals surface area contributed by atoms with E-state index in [4.69, 9.17) is 0 Å². The number of amides is 1. The van der Waals surface area contributed by atoms with Gasteiger partial charge in [-0.2, -0.15) is 0 Å². The fourth-order valence-electron chi connectivity index (χ4n) is 3.53. The largest absolute Gasteiger partial charge is 0.390 e. The molecule has 1 saturated heterocycles. The lowest BCUT2D eigenvalue weighted by Crippen LogP contribution is -2.38. The first-order valence-corrected chi connectivity index (χ1v) is 9.47. The van der Waals surface area contributed by atoms with E-state index in [1.165, 1.54) is 0 Å². The molecule has 1 amide bonds. The number of hydrogen-bond acceptors (Lipinski definition) is 3. The van der Waals surface area contributed by atoms with Crippen molar-refractivity contribution in [3.05, 3.63) is 65.5 Å². The zero-order chi connectivity index (χ0) is 18.6. The van der Waals surface area contributed by atoms with Crippen molar-refractivity contribution in [3.8, 4) is 0 Å². The van der Waals surface area contributed by atoms with Gasteiger partial charge in [0.05, 0.1) is 17.3 Å². The Bertz CT molecular complexity index is 737. The third-order valence-electron chi connectivity index (χ3n) is 4.99. The van der Waals surface area contributed by atoms with E-state index in [1.54, 1.807) is 6.20 Å². The third-order valence-corrected chi connectivity index (χ3v) is 4.99. The van der Waals surface area contributed by atoms with Crippen LogP contribution in [0.3, 0.4) is 0 Å². The second-order valence-electron chi connectivity index (χ2n) is 7.78. The summed E-state index contributed by atoms with van der Waals surface area (Å²) in [5.74, 6) is 0.0745. The molecular formula is C22H28N2O2. The summed E-state index contributed by atoms with van der Waals surface area (Å²) in [6.07, 6.45) is 6.34. The van der Waals surface area contributed by atoms with Crippen molar-refractivity contribution in [2.24, 2.45) is 0 Å². The molecule has 0 radical (unpaired) electrons. The van der Waals surface area contributed by atoms with E-state index < -0.39 is 5.60 Å². The van der Waals surface area contributed by atoms with Crippen LogP contribution in [0.2, 0.25) is 0 Å². The predicted molar refractivity (Wildman–Crippen MR) is 103 cm³/mol. The summed E-state index contributed by atoms with van der Waals surface area (Å²) >= 11 is 0. The lowest BCUT2D eigenvalue weighted by Gasteiger charge is -2.35. The van der Waals surface area contributed by atoms with E-state index in [9.17, 15) is 9.90 Å². The smallest absolute Gasteiger partial charge is 0.254 e. The lowest BCUT2D eigenvalue weighted by molar-refractivity contribution is 0.0606. The van der Waals surface area contributed by atoms with Gasteiger partial charge >= 0.3 is 0 Å². The first-order valence-electron chi connectivity index (χ1n) is 9.47. The highest BCUT2D eigenvalue weighted by Gasteiger charge is 2.29. The molecule has 0 spiro atoms. The minimum atomic E-state index is -0.697. The zero-order valence-corrected chi connectivity index (χ0v) is 15.7. The molecule has 1 aliphatic heterocycles. The number of piperidine rings is 1. The van der Waals surface area contributed by atoms with Gasteiger partial charge in [0.1, 0.15) is 0 Å². The van der Waals surface area contributed by atoms with Crippen LogP contribution in [-0.4, -0.2) is 33.0 Å². The second kappa shape index (κ2) is 8.00. The van der Waals surface area contributed by atoms with Gasteiger partial charge < -0.3 is 10.0 Å². The summed E-state index contributed by atoms with van der Waals surface area (Å²) < 4.78 is 0. The highest BCUT2D eigenvalue weighted by Crippen LogP contribution is 2.31. The summed E-state index contributed by atoms with van der Waals surface area (Å²) in [5, 5.41) is 9.94. The Morgan fingerprint density at radius 2 is 2.08 bits per heavy atom. The minimum absolute atomic E-state index is 0.0532. The van der Waals surface area contributed by atoms with Crippen LogP contribution in [0.4, 0.5) is 0 Å². The molecule has 0 saturated carbocycles. The molecular weight excluding hydrogens is 324 g/mol. The number of carbonyl (C=O) groups excluding carboxylic acids is 1. The van der Waals surface area contributed by atoms with Gasteiger partial charge in [-0.3, -0.25) is 9.78 Å². The van der Waals surface area contributed by atoms with Crippen LogP contribution in [0, 0.1) is 0 Å². The van der Waals surface area contributed by atoms with Crippen molar-refractivity contribution in [1.82, 2.24) is 9.88 Å². The molecule has 1 atom stereocenters. The summed E-state index contributed by atoms with van der Waals surface area (Å²) in [4.78, 5) is 19.6. The number of rotatable bonds is 5. The van der Waals surface area contributed by atoms with Crippen LogP contribution in [0.25, 0.3) is 0 Å². The first-order chi connectivity index (χ1) is 12.4. The maximum atomic E-state index is 13.2. The molecule has 138 valence electrons. The normalized spacial score (nSPS) is 18.0. The fourth-order valence-corrected chi connectivity index (χ4v) is 3.53. The van der Waals surface area contributed by atoms with Crippen molar-refractivity contribution in [2.75, 3.05) is 6.54 Å². The van der Waals surface area contributed by atoms with E-state index in [0.29, 0.717) is 6.42 Å². The van der Waals surface area contributed by atoms with Crippen molar-refractivity contribution in [1.29, 1.82) is 0 Å². The Morgan fingerprint density at radius 1 is 1.23 bits per heavy atom. The topological polar surface area (TPSA) is 53.4 Å². The maximum Gasteiger partial charge on any atom is 0.254 e. The van der Waals surface area contributed by atoms with Gasteiger partial charge in [0.2, 0.25) is 0 Å². The van der Waals surface area contributed by atoms with Gasteiger partial charge in [-0.1, -0.05) is 18.2 Å². The SMILES string of the molecule is CC(C)(O)CCc1cccc(C(=O)N2CCCCC2c2ccccn2)c1. The molecule has 1 unspecified atom stereocenters. The van der Waals surface area contributed by atoms with Crippen molar-refractivity contribution >= 4 is 5.91 Å². The Kier molecular flexibility index (Phi) is 5.72. The number of carbonyl (C=O) groups is 1. The minimum Gasteiger partial charge on any atom is -0.390 e. The monoisotopic (exact) mass is 352 g/mol. The molecule has 3 rings (SSSR count). The van der Waals surface area contributed by atoms with Crippen molar-refractivity contribution in [3.63, 3.8) is 0 Å². The van der Waals surface area contributed by atoms with Gasteiger partial charge in [-0.15, -0.1) is 0 Å². The highest BCUT2D eigenvalue weighted by atomic mass is 16.3. The number of pyridine rings is 1. The average Bonchev–Trinajstić information content (AvgIpc) is 2.66. The number of hydrogen-bond donors (Lipinski definition) is 1. The number of nitrogens with zero attached hydrogens (tertiary/aromatic N) is 2. The summed E-state index contributed by atoms with van der Waals surface area (Å²) in [6.45, 7) is 4.40. The number of benzene rings is 1. The highest BCUT2D eigenvalue weighted by molar-refractivity contribution is 5.94. The Hall–Kier alpha value is -2.20. The molecule has 1 aromatic heterocycles. The molecule has 26 heavy (non-hydrogen) atoms. The van der Waals surface area contributed by atoms with Crippen LogP contribution >= 0.6 is 0 Å². The molecule has 2 aromatic rings. The Labute approximate surface area is 155 Å². The van der Waals surface area contributed by atoms with Gasteiger partial charge in [-0.25, -0.2) is 0 Å². The molecule has 1 aromatic carbocycles. The van der Waals surface area contributed by atoms with Crippen LogP contribution in [0.5, 0.6) is 0 Å². The van der Waals surface area contributed by atoms with E-state index in [2.05, 4.69) is 4.98 Å². The quantitative estimate of drug-likeness (QED) is 0.879. The number of aromatic nitrogens is 1. The Morgan fingerprint density at radius 3 is 2.81 bits per heavy atom. The first kappa shape index (κ1) is 18.6. The second-order valence-corrected chi connectivity index (χ2v) is 7.78. The molecule has 4 nitrogen and oxygen atoms in total. The van der Waals surface area contributed by atoms with E-state index in [-0.39, 0.29) is 11.9 Å². The summed E-state index contributed by atoms with van der Waals surface area (Å²) in [6, 6.07) is 13.8. The molecule has 1 fully saturated rings. The van der Waals surface area contributed by atoms with E-state index in [1.807, 2.05) is 61.2 Å². The van der Waals surface area contributed by atoms with Gasteiger partial charge in [0.15, 0.2) is 0 Å². The molecule has 2 heterocycles. The summed E-state index contributed by atoms with van der Waals surface area (Å²) in [7, 11) is 0. The zero-order valence-electron chi connectivity index (χ0n) is 15.7. The summed E-state index contributed by atoms with van der Waals surface area (Å²) in [5.41, 5.74) is 2.08. The number of aliphatic hydroxyl groups is 1. The fraction of sp³-hybridized carbons (Fsp3) is 0.455. The van der Waals surface area contributed by atoms with Crippen LogP contribution in [0.15, 0.2) is 48.7 Å². The predicted octanol–water partition coefficient (Wildman–Crippen LogP) is 4.15. The van der Waals surface area contributed by atoms with Crippen LogP contribution in [0.1, 0.15) is 67.2 Å². The molecule has 1 N–H and O–H groups in total. The molecule has 0 aliphatic carbocycles. The van der Waals surface area contributed by atoms with Crippen LogP contribution < -0.4 is 0 Å². The van der Waals surface area contributed by atoms with Crippen LogP contribution in [-0.2, 0) is 6.42 Å². The van der Waals surface area contributed by atoms with Crippen molar-refractivity contribution in [2.45, 2.75) is 57.6 Å². The molecule has 4 heteroatoms. The van der Waals surface area contributed by atoms with E-state index >= 15 is 0 Å². The van der Waals surface area contributed by atoms with E-state index in [0.717, 1.165) is 49.0 Å². The standard InChI is InChI=1S/C22H28N2O2/c1-22(2,26)13-12-17-8-7-9-18(16-17)21(25)24-15-6-4-11-20(24)19-10-3-5-14-23-19/h3,5,7-10,14,16,20,26H,4,6,11-13,15H2,1-2H3. The number of likely N-dealkylation sites (tertiary alicyclic amines) is 1. The van der Waals surface area contributed by atoms with Gasteiger partial charge in [-0.05, 0) is 75.8 Å².